The van der Waals surface area contributed by atoms with Crippen LogP contribution in [0.3, 0.4) is 0 Å². The molecule has 16 heavy (non-hydrogen) atoms. The van der Waals surface area contributed by atoms with Crippen LogP contribution in [0, 0.1) is 0 Å². The lowest BCUT2D eigenvalue weighted by Crippen LogP contribution is -2.46. The van der Waals surface area contributed by atoms with Crippen LogP contribution < -0.4 is 0 Å². The van der Waals surface area contributed by atoms with Crippen molar-refractivity contribution >= 4 is 11.9 Å². The quantitative estimate of drug-likeness (QED) is 0.409. The SMILES string of the molecule is CCC(CN(O)O)N(CC(=O)O)CC(=O)O. The number of rotatable bonds is 8. The normalized spacial score (nSPS) is 13.1. The minimum absolute atomic E-state index is 0.0785. The molecule has 0 fully saturated rings. The van der Waals surface area contributed by atoms with E-state index in [9.17, 15) is 9.59 Å². The third kappa shape index (κ3) is 6.30. The van der Waals surface area contributed by atoms with Crippen molar-refractivity contribution in [2.45, 2.75) is 19.4 Å². The zero-order valence-electron chi connectivity index (χ0n) is 8.91. The molecule has 0 rings (SSSR count). The molecule has 0 aromatic carbocycles. The summed E-state index contributed by atoms with van der Waals surface area (Å²) in [7, 11) is 0. The average Bonchev–Trinajstić information content (AvgIpc) is 2.11. The van der Waals surface area contributed by atoms with Crippen molar-refractivity contribution in [2.75, 3.05) is 19.6 Å². The van der Waals surface area contributed by atoms with Gasteiger partial charge in [-0.2, -0.15) is 0 Å². The fourth-order valence-corrected chi connectivity index (χ4v) is 1.35. The number of carbonyl (C=O) groups is 2. The van der Waals surface area contributed by atoms with Gasteiger partial charge in [-0.1, -0.05) is 12.2 Å². The summed E-state index contributed by atoms with van der Waals surface area (Å²) in [5.74, 6) is -2.33. The number of hydroxylamine groups is 2. The smallest absolute Gasteiger partial charge is 0.317 e. The summed E-state index contributed by atoms with van der Waals surface area (Å²) in [5, 5.41) is 34.4. The molecule has 94 valence electrons. The van der Waals surface area contributed by atoms with Gasteiger partial charge in [-0.15, -0.1) is 0 Å². The molecule has 8 heteroatoms. The van der Waals surface area contributed by atoms with Gasteiger partial charge in [-0.05, 0) is 6.42 Å². The van der Waals surface area contributed by atoms with Crippen LogP contribution in [0.1, 0.15) is 13.3 Å². The Morgan fingerprint density at radius 3 is 1.81 bits per heavy atom. The second kappa shape index (κ2) is 7.12. The first-order chi connectivity index (χ1) is 7.36. The summed E-state index contributed by atoms with van der Waals surface area (Å²) in [6.07, 6.45) is 0.401. The zero-order valence-corrected chi connectivity index (χ0v) is 8.91. The third-order valence-corrected chi connectivity index (χ3v) is 2.04. The highest BCUT2D eigenvalue weighted by Crippen LogP contribution is 2.05. The maximum Gasteiger partial charge on any atom is 0.317 e. The highest BCUT2D eigenvalue weighted by molar-refractivity contribution is 5.72. The van der Waals surface area contributed by atoms with Gasteiger partial charge in [0.25, 0.3) is 0 Å². The molecule has 4 N–H and O–H groups in total. The fourth-order valence-electron chi connectivity index (χ4n) is 1.35. The van der Waals surface area contributed by atoms with E-state index in [1.54, 1.807) is 6.92 Å². The van der Waals surface area contributed by atoms with Crippen molar-refractivity contribution in [3.8, 4) is 0 Å². The number of carboxylic acids is 2. The predicted molar refractivity (Wildman–Crippen MR) is 51.2 cm³/mol. The van der Waals surface area contributed by atoms with Crippen LogP contribution in [0.25, 0.3) is 0 Å². The molecule has 0 aliphatic heterocycles. The van der Waals surface area contributed by atoms with Crippen molar-refractivity contribution in [1.82, 2.24) is 10.1 Å². The van der Waals surface area contributed by atoms with Crippen molar-refractivity contribution in [3.05, 3.63) is 0 Å². The van der Waals surface area contributed by atoms with E-state index in [1.807, 2.05) is 0 Å². The van der Waals surface area contributed by atoms with Crippen LogP contribution in [0.2, 0.25) is 0 Å². The van der Waals surface area contributed by atoms with Crippen LogP contribution >= 0.6 is 0 Å². The van der Waals surface area contributed by atoms with Crippen LogP contribution in [-0.2, 0) is 9.59 Å². The number of nitrogens with zero attached hydrogens (tertiary/aromatic N) is 2. The number of aliphatic carboxylic acids is 2. The maximum atomic E-state index is 10.5. The number of carboxylic acid groups (broad SMARTS) is 2. The Morgan fingerprint density at radius 2 is 1.56 bits per heavy atom. The first-order valence-corrected chi connectivity index (χ1v) is 4.69. The second-order valence-corrected chi connectivity index (χ2v) is 3.31. The zero-order chi connectivity index (χ0) is 12.7. The van der Waals surface area contributed by atoms with Gasteiger partial charge < -0.3 is 10.2 Å². The first-order valence-electron chi connectivity index (χ1n) is 4.69. The highest BCUT2D eigenvalue weighted by atomic mass is 16.8. The largest absolute Gasteiger partial charge is 0.480 e. The first kappa shape index (κ1) is 14.8. The highest BCUT2D eigenvalue weighted by Gasteiger charge is 2.23. The molecular formula is C8H16N2O6. The Hall–Kier alpha value is -1.22. The standard InChI is InChI=1S/C8H16N2O6/c1-2-6(3-10(15)16)9(4-7(11)12)5-8(13)14/h6,15-16H,2-5H2,1H3,(H,11,12)(H,13,14). The van der Waals surface area contributed by atoms with Crippen molar-refractivity contribution < 1.29 is 30.2 Å². The molecule has 1 atom stereocenters. The van der Waals surface area contributed by atoms with E-state index in [4.69, 9.17) is 20.6 Å². The Morgan fingerprint density at radius 1 is 1.12 bits per heavy atom. The molecular weight excluding hydrogens is 220 g/mol. The predicted octanol–water partition coefficient (Wildman–Crippen LogP) is -0.683. The van der Waals surface area contributed by atoms with Gasteiger partial charge in [0, 0.05) is 6.04 Å². The Labute approximate surface area is 92.2 Å². The van der Waals surface area contributed by atoms with Gasteiger partial charge in [0.1, 0.15) is 0 Å². The fraction of sp³-hybridized carbons (Fsp3) is 0.750. The number of hydrogen-bond acceptors (Lipinski definition) is 6. The minimum Gasteiger partial charge on any atom is -0.480 e. The lowest BCUT2D eigenvalue weighted by molar-refractivity contribution is -0.312. The molecule has 0 aromatic rings. The molecule has 0 aromatic heterocycles. The van der Waals surface area contributed by atoms with Crippen LogP contribution in [0.15, 0.2) is 0 Å². The van der Waals surface area contributed by atoms with E-state index in [0.29, 0.717) is 6.42 Å². The van der Waals surface area contributed by atoms with Crippen molar-refractivity contribution in [3.63, 3.8) is 0 Å². The van der Waals surface area contributed by atoms with E-state index in [1.165, 1.54) is 0 Å². The van der Waals surface area contributed by atoms with Crippen molar-refractivity contribution in [1.29, 1.82) is 0 Å². The van der Waals surface area contributed by atoms with Crippen LogP contribution in [0.4, 0.5) is 0 Å². The van der Waals surface area contributed by atoms with E-state index >= 15 is 0 Å². The summed E-state index contributed by atoms with van der Waals surface area (Å²) >= 11 is 0. The molecule has 0 spiro atoms. The Balaban J connectivity index is 4.54. The van der Waals surface area contributed by atoms with Gasteiger partial charge in [0.2, 0.25) is 0 Å². The molecule has 0 aliphatic rings. The van der Waals surface area contributed by atoms with Gasteiger partial charge >= 0.3 is 11.9 Å². The molecule has 0 saturated heterocycles. The van der Waals surface area contributed by atoms with E-state index in [-0.39, 0.29) is 11.8 Å². The Bertz CT molecular complexity index is 229. The summed E-state index contributed by atoms with van der Waals surface area (Å²) in [6.45, 7) is 0.541. The van der Waals surface area contributed by atoms with Crippen LogP contribution in [0.5, 0.6) is 0 Å². The lowest BCUT2D eigenvalue weighted by Gasteiger charge is -2.28. The van der Waals surface area contributed by atoms with Gasteiger partial charge in [0.05, 0.1) is 19.6 Å². The molecule has 8 nitrogen and oxygen atoms in total. The second-order valence-electron chi connectivity index (χ2n) is 3.31. The van der Waals surface area contributed by atoms with E-state index in [0.717, 1.165) is 4.90 Å². The third-order valence-electron chi connectivity index (χ3n) is 2.04. The van der Waals surface area contributed by atoms with Crippen molar-refractivity contribution in [2.24, 2.45) is 0 Å². The van der Waals surface area contributed by atoms with Gasteiger partial charge in [0.15, 0.2) is 0 Å². The molecule has 0 saturated carbocycles. The molecule has 0 aliphatic carbocycles. The number of hydrogen-bond donors (Lipinski definition) is 4. The Kier molecular flexibility index (Phi) is 6.58. The van der Waals surface area contributed by atoms with Crippen LogP contribution in [-0.4, -0.2) is 68.4 Å². The maximum absolute atomic E-state index is 10.5. The lowest BCUT2D eigenvalue weighted by atomic mass is 10.2. The van der Waals surface area contributed by atoms with E-state index < -0.39 is 31.1 Å². The summed E-state index contributed by atoms with van der Waals surface area (Å²) in [6, 6.07) is -0.554. The average molecular weight is 236 g/mol. The topological polar surface area (TPSA) is 122 Å². The summed E-state index contributed by atoms with van der Waals surface area (Å²) in [4.78, 5) is 22.2. The van der Waals surface area contributed by atoms with Gasteiger partial charge in [-0.3, -0.25) is 24.9 Å². The summed E-state index contributed by atoms with van der Waals surface area (Å²) in [5.41, 5.74) is 0. The molecule has 0 amide bonds. The molecule has 0 heterocycles. The monoisotopic (exact) mass is 236 g/mol. The summed E-state index contributed by atoms with van der Waals surface area (Å²) < 4.78 is 0. The molecule has 0 bridgehead atoms. The minimum atomic E-state index is -1.16. The molecule has 0 radical (unpaired) electrons. The van der Waals surface area contributed by atoms with E-state index in [2.05, 4.69) is 0 Å². The molecule has 1 unspecified atom stereocenters. The van der Waals surface area contributed by atoms with Gasteiger partial charge in [-0.25, -0.2) is 0 Å².